The van der Waals surface area contributed by atoms with E-state index in [2.05, 4.69) is 107 Å². The first-order chi connectivity index (χ1) is 36.5. The molecule has 15 nitrogen and oxygen atoms in total. The second-order valence-electron chi connectivity index (χ2n) is 25.3. The molecule has 8 aliphatic rings. The first-order valence-electron chi connectivity index (χ1n) is 28.1. The van der Waals surface area contributed by atoms with E-state index in [0.717, 1.165) is 29.9 Å². The molecule has 8 unspecified atom stereocenters. The lowest BCUT2D eigenvalue weighted by Gasteiger charge is -2.64. The van der Waals surface area contributed by atoms with Crippen LogP contribution in [0, 0.1) is 46.3 Å². The molecule has 2 aromatic carbocycles. The van der Waals surface area contributed by atoms with Crippen molar-refractivity contribution in [3.05, 3.63) is 120 Å². The third kappa shape index (κ3) is 12.9. The number of nitrogens with zero attached hydrogens (tertiary/aromatic N) is 4. The average molecular weight is 1050 g/mol. The Morgan fingerprint density at radius 1 is 0.610 bits per heavy atom. The van der Waals surface area contributed by atoms with E-state index in [-0.39, 0.29) is 65.7 Å². The maximum atomic E-state index is 13.9. The molecule has 412 valence electrons. The zero-order chi connectivity index (χ0) is 55.5. The van der Waals surface area contributed by atoms with Gasteiger partial charge in [0, 0.05) is 43.4 Å². The van der Waals surface area contributed by atoms with Crippen LogP contribution < -0.4 is 10.6 Å². The number of Topliss-reactive ketones (excluding diaryl/α,β-unsaturated/α-hetero) is 1. The van der Waals surface area contributed by atoms with Gasteiger partial charge in [0.1, 0.15) is 17.4 Å². The third-order valence-corrected chi connectivity index (χ3v) is 18.3. The van der Waals surface area contributed by atoms with Crippen molar-refractivity contribution in [1.82, 2.24) is 30.6 Å². The van der Waals surface area contributed by atoms with Crippen LogP contribution in [0.5, 0.6) is 0 Å². The maximum Gasteiger partial charge on any atom is 0.461 e. The summed E-state index contributed by atoms with van der Waals surface area (Å²) in [6.45, 7) is 25.2. The van der Waals surface area contributed by atoms with E-state index < -0.39 is 37.0 Å². The summed E-state index contributed by atoms with van der Waals surface area (Å²) >= 11 is 0. The normalized spacial score (nSPS) is 28.3. The lowest BCUT2D eigenvalue weighted by atomic mass is 9.43. The summed E-state index contributed by atoms with van der Waals surface area (Å²) in [4.78, 5) is 65.6. The molecule has 2 saturated heterocycles. The highest BCUT2D eigenvalue weighted by Crippen LogP contribution is 2.67. The van der Waals surface area contributed by atoms with Gasteiger partial charge in [-0.2, -0.15) is 0 Å². The average Bonchev–Trinajstić information content (AvgIpc) is 4.04. The smallest absolute Gasteiger partial charge is 0.461 e. The van der Waals surface area contributed by atoms with Crippen molar-refractivity contribution in [3.63, 3.8) is 0 Å². The van der Waals surface area contributed by atoms with Crippen LogP contribution in [0.15, 0.2) is 97.8 Å². The van der Waals surface area contributed by atoms with Crippen molar-refractivity contribution in [2.45, 2.75) is 181 Å². The zero-order valence-electron chi connectivity index (χ0n) is 47.2. The number of aromatic nitrogens is 4. The fourth-order valence-corrected chi connectivity index (χ4v) is 13.8. The van der Waals surface area contributed by atoms with E-state index in [0.29, 0.717) is 53.3 Å². The topological polar surface area (TPSA) is 201 Å². The number of carbonyl (C=O) groups excluding carboxylic acids is 3. The number of carboxylic acid groups (broad SMARTS) is 1. The van der Waals surface area contributed by atoms with E-state index in [1.54, 1.807) is 0 Å². The van der Waals surface area contributed by atoms with Crippen molar-refractivity contribution in [3.8, 4) is 0 Å². The zero-order valence-corrected chi connectivity index (χ0v) is 47.2. The summed E-state index contributed by atoms with van der Waals surface area (Å²) in [5.41, 5.74) is 2.46. The molecule has 2 amide bonds. The quantitative estimate of drug-likeness (QED) is 0.0796. The number of hydrogen-bond donors (Lipinski definition) is 3. The first kappa shape index (κ1) is 57.8. The minimum atomic E-state index is -1.09. The number of ketones is 1. The Kier molecular flexibility index (Phi) is 18.0. The molecule has 2 aromatic heterocycles. The fourth-order valence-electron chi connectivity index (χ4n) is 13.8. The van der Waals surface area contributed by atoms with Gasteiger partial charge in [-0.3, -0.25) is 24.4 Å². The molecule has 8 fully saturated rings. The number of carbonyl (C=O) groups is 4. The predicted molar refractivity (Wildman–Crippen MR) is 296 cm³/mol. The number of nitrogens with one attached hydrogen (secondary N) is 2. The van der Waals surface area contributed by atoms with Crippen molar-refractivity contribution >= 4 is 37.8 Å². The Morgan fingerprint density at radius 2 is 1.05 bits per heavy atom. The lowest BCUT2D eigenvalue weighted by Crippen LogP contribution is -2.65. The minimum absolute atomic E-state index is 0.0198. The highest BCUT2D eigenvalue weighted by atomic mass is 16.7. The van der Waals surface area contributed by atoms with Crippen LogP contribution in [0.4, 0.5) is 0 Å². The van der Waals surface area contributed by atoms with Gasteiger partial charge in [0.15, 0.2) is 5.78 Å². The van der Waals surface area contributed by atoms with E-state index in [1.165, 1.54) is 62.9 Å². The van der Waals surface area contributed by atoms with Crippen LogP contribution in [0.1, 0.15) is 153 Å². The standard InChI is InChI=1S/C30H40BN3O4.C16H29BO2.C14H13N3O3/c1-19(2)13-22(31-37-27-16-21-15-26(29(21,3)4)30(27,5)38-31)17-25(35)23(14-20-9-7-6-8-10-20)34-28(36)24-18-32-11-12-33-24;1-10(2)7-11(3)17-18-14-9-12-8-13(15(12,4)5)16(14,6)19-17;18-13(12-9-15-6-7-16-12)17-11(14(19)20)8-10-4-2-1-3-5-10/h6-12,18-19,21-23,26-27H,13-17H2,1-5H3,(H,34,36);10-14H,7-9H2,1-6H3;1-7,9,11H,8H2,(H,17,18)(H,19,20)/t21?,22?,23-,26?,27?,30+;11?,12?,13?,14?,16-;11-/m010/s1. The molecule has 4 aromatic rings. The summed E-state index contributed by atoms with van der Waals surface area (Å²) in [6.07, 6.45) is 16.6. The van der Waals surface area contributed by atoms with Crippen LogP contribution in [0.25, 0.3) is 0 Å². The van der Waals surface area contributed by atoms with Crippen LogP contribution in [-0.4, -0.2) is 98.3 Å². The summed E-state index contributed by atoms with van der Waals surface area (Å²) < 4.78 is 26.1. The number of amides is 2. The molecule has 6 aliphatic carbocycles. The molecule has 2 aliphatic heterocycles. The van der Waals surface area contributed by atoms with E-state index in [4.69, 9.17) is 18.6 Å². The monoisotopic (exact) mass is 1050 g/mol. The van der Waals surface area contributed by atoms with Crippen molar-refractivity contribution < 1.29 is 42.9 Å². The number of rotatable bonds is 18. The highest BCUT2D eigenvalue weighted by molar-refractivity contribution is 6.48. The molecule has 12 atom stereocenters. The predicted octanol–water partition coefficient (Wildman–Crippen LogP) is 9.97. The van der Waals surface area contributed by atoms with Gasteiger partial charge in [-0.25, -0.2) is 14.8 Å². The molecule has 12 rings (SSSR count). The fraction of sp³-hybridized carbons (Fsp3) is 0.600. The first-order valence-corrected chi connectivity index (χ1v) is 28.1. The summed E-state index contributed by atoms with van der Waals surface area (Å²) in [7, 11) is -0.396. The van der Waals surface area contributed by atoms with Crippen LogP contribution in [0.3, 0.4) is 0 Å². The second kappa shape index (κ2) is 23.9. The molecule has 17 heteroatoms. The molecule has 77 heavy (non-hydrogen) atoms. The van der Waals surface area contributed by atoms with Crippen molar-refractivity contribution in [2.24, 2.45) is 46.3 Å². The van der Waals surface area contributed by atoms with Gasteiger partial charge in [0.05, 0.1) is 41.8 Å². The Balaban J connectivity index is 0.000000169. The van der Waals surface area contributed by atoms with Gasteiger partial charge in [-0.15, -0.1) is 0 Å². The van der Waals surface area contributed by atoms with E-state index in [1.807, 2.05) is 60.7 Å². The summed E-state index contributed by atoms with van der Waals surface area (Å²) in [5.74, 6) is 2.10. The Morgan fingerprint density at radius 3 is 1.48 bits per heavy atom. The van der Waals surface area contributed by atoms with Crippen LogP contribution >= 0.6 is 0 Å². The second-order valence-corrected chi connectivity index (χ2v) is 25.3. The lowest BCUT2D eigenvalue weighted by molar-refractivity contribution is -0.199. The molecule has 6 saturated carbocycles. The largest absolute Gasteiger partial charge is 0.480 e. The minimum Gasteiger partial charge on any atom is -0.480 e. The van der Waals surface area contributed by atoms with Gasteiger partial charge >= 0.3 is 20.2 Å². The van der Waals surface area contributed by atoms with E-state index in [9.17, 15) is 24.3 Å². The number of carboxylic acids is 1. The molecular weight excluding hydrogens is 970 g/mol. The molecular formula is C60H82B2N6O9. The molecule has 3 N–H and O–H groups in total. The van der Waals surface area contributed by atoms with Gasteiger partial charge in [-0.05, 0) is 122 Å². The molecule has 0 spiro atoms. The number of aliphatic carboxylic acids is 1. The van der Waals surface area contributed by atoms with E-state index >= 15 is 0 Å². The Hall–Kier alpha value is -5.35. The molecule has 4 heterocycles. The highest BCUT2D eigenvalue weighted by Gasteiger charge is 2.69. The van der Waals surface area contributed by atoms with Crippen LogP contribution in [0.2, 0.25) is 11.6 Å². The van der Waals surface area contributed by atoms with Crippen molar-refractivity contribution in [2.75, 3.05) is 0 Å². The van der Waals surface area contributed by atoms with Gasteiger partial charge < -0.3 is 34.4 Å². The molecule has 0 radical (unpaired) electrons. The number of hydrogen-bond acceptors (Lipinski definition) is 12. The summed E-state index contributed by atoms with van der Waals surface area (Å²) in [6, 6.07) is 17.2. The van der Waals surface area contributed by atoms with Crippen LogP contribution in [-0.2, 0) is 41.0 Å². The Labute approximate surface area is 457 Å². The van der Waals surface area contributed by atoms with Gasteiger partial charge in [0.2, 0.25) is 0 Å². The summed E-state index contributed by atoms with van der Waals surface area (Å²) in [5, 5.41) is 14.6. The van der Waals surface area contributed by atoms with Crippen molar-refractivity contribution in [1.29, 1.82) is 0 Å². The molecule has 4 bridgehead atoms. The third-order valence-electron chi connectivity index (χ3n) is 18.3. The van der Waals surface area contributed by atoms with Gasteiger partial charge in [-0.1, -0.05) is 123 Å². The Bertz CT molecular complexity index is 2640. The van der Waals surface area contributed by atoms with Gasteiger partial charge in [0.25, 0.3) is 11.8 Å². The SMILES string of the molecule is CC(C)CC(C)B1OC2CC3CC(C3(C)C)[C@@]2(C)O1.CC(C)CC(CC(=O)[C@H](Cc1ccccc1)NC(=O)c1cnccn1)B1OC2CC3CC(C3(C)C)[C@@]2(C)O1.O=C(N[C@@H](Cc1ccccc1)C(=O)O)c1cnccn1. The number of benzene rings is 2. The maximum absolute atomic E-state index is 13.9.